The number of anilines is 2. The summed E-state index contributed by atoms with van der Waals surface area (Å²) < 4.78 is 0. The minimum absolute atomic E-state index is 0.275. The number of piperidine rings is 1. The van der Waals surface area contributed by atoms with E-state index in [2.05, 4.69) is 74.3 Å². The van der Waals surface area contributed by atoms with Crippen molar-refractivity contribution in [3.63, 3.8) is 0 Å². The second-order valence-electron chi connectivity index (χ2n) is 7.56. The molecule has 5 rings (SSSR count). The molecule has 0 amide bonds. The lowest BCUT2D eigenvalue weighted by Crippen LogP contribution is -2.45. The number of nitrogens with one attached hydrogen (secondary N) is 2. The normalized spacial score (nSPS) is 24.1. The van der Waals surface area contributed by atoms with E-state index in [0.717, 1.165) is 25.3 Å². The highest BCUT2D eigenvalue weighted by Crippen LogP contribution is 2.35. The van der Waals surface area contributed by atoms with Gasteiger partial charge in [-0.15, -0.1) is 0 Å². The zero-order valence-corrected chi connectivity index (χ0v) is 15.6. The molecule has 142 valence electrons. The lowest BCUT2D eigenvalue weighted by molar-refractivity contribution is 0.355. The number of nitrogens with zero attached hydrogens (tertiary/aromatic N) is 3. The molecule has 28 heavy (non-hydrogen) atoms. The Kier molecular flexibility index (Phi) is 4.43. The molecule has 3 aromatic rings. The highest BCUT2D eigenvalue weighted by atomic mass is 15.4. The standard InChI is InChI=1S/C22H24N6/c23-20-12-21(25-14-24-20)28-11-10-19-18(13-28)22(27-26-19)17-8-6-16(7-9-17)15-4-2-1-3-5-15/h1-9,12,14,18-19,22,26-27H,10-11,13H2,(H2,23,24,25). The highest BCUT2D eigenvalue weighted by Gasteiger charge is 2.40. The van der Waals surface area contributed by atoms with Gasteiger partial charge in [-0.05, 0) is 23.1 Å². The molecule has 3 unspecified atom stereocenters. The second kappa shape index (κ2) is 7.22. The fourth-order valence-corrected chi connectivity index (χ4v) is 4.39. The number of hydrogen-bond acceptors (Lipinski definition) is 6. The average Bonchev–Trinajstić information content (AvgIpc) is 3.18. The van der Waals surface area contributed by atoms with Crippen LogP contribution in [0.4, 0.5) is 11.6 Å². The molecule has 2 saturated heterocycles. The Morgan fingerprint density at radius 3 is 2.50 bits per heavy atom. The van der Waals surface area contributed by atoms with E-state index < -0.39 is 0 Å². The Morgan fingerprint density at radius 2 is 1.71 bits per heavy atom. The zero-order chi connectivity index (χ0) is 18.9. The third-order valence-electron chi connectivity index (χ3n) is 5.89. The molecule has 0 saturated carbocycles. The summed E-state index contributed by atoms with van der Waals surface area (Å²) in [6.45, 7) is 1.90. The van der Waals surface area contributed by atoms with Crippen LogP contribution in [0.2, 0.25) is 0 Å². The molecular formula is C22H24N6. The number of hydrogen-bond donors (Lipinski definition) is 3. The quantitative estimate of drug-likeness (QED) is 0.656. The average molecular weight is 372 g/mol. The molecule has 0 spiro atoms. The first kappa shape index (κ1) is 17.2. The van der Waals surface area contributed by atoms with E-state index in [-0.39, 0.29) is 6.04 Å². The van der Waals surface area contributed by atoms with Crippen molar-refractivity contribution in [3.05, 3.63) is 72.6 Å². The number of rotatable bonds is 3. The molecule has 1 aromatic heterocycles. The van der Waals surface area contributed by atoms with Gasteiger partial charge in [0.2, 0.25) is 0 Å². The fourth-order valence-electron chi connectivity index (χ4n) is 4.39. The Hall–Kier alpha value is -2.96. The minimum Gasteiger partial charge on any atom is -0.384 e. The summed E-state index contributed by atoms with van der Waals surface area (Å²) in [7, 11) is 0. The van der Waals surface area contributed by atoms with Crippen molar-refractivity contribution in [1.29, 1.82) is 0 Å². The van der Waals surface area contributed by atoms with Crippen molar-refractivity contribution in [1.82, 2.24) is 20.8 Å². The third kappa shape index (κ3) is 3.21. The van der Waals surface area contributed by atoms with Crippen molar-refractivity contribution >= 4 is 11.6 Å². The van der Waals surface area contributed by atoms with E-state index >= 15 is 0 Å². The van der Waals surface area contributed by atoms with Crippen molar-refractivity contribution in [2.75, 3.05) is 23.7 Å². The van der Waals surface area contributed by atoms with Crippen LogP contribution in [0.3, 0.4) is 0 Å². The molecule has 2 aliphatic heterocycles. The van der Waals surface area contributed by atoms with Gasteiger partial charge in [-0.2, -0.15) is 0 Å². The van der Waals surface area contributed by atoms with Gasteiger partial charge in [-0.3, -0.25) is 5.43 Å². The van der Waals surface area contributed by atoms with Crippen molar-refractivity contribution < 1.29 is 0 Å². The van der Waals surface area contributed by atoms with Gasteiger partial charge in [0.15, 0.2) is 0 Å². The Labute approximate surface area is 164 Å². The van der Waals surface area contributed by atoms with Crippen molar-refractivity contribution in [2.24, 2.45) is 5.92 Å². The number of benzene rings is 2. The Bertz CT molecular complexity index is 943. The maximum Gasteiger partial charge on any atom is 0.134 e. The number of hydrazine groups is 1. The van der Waals surface area contributed by atoms with Gasteiger partial charge in [-0.1, -0.05) is 54.6 Å². The molecular weight excluding hydrogens is 348 g/mol. The van der Waals surface area contributed by atoms with E-state index in [1.807, 2.05) is 12.1 Å². The van der Waals surface area contributed by atoms with Crippen LogP contribution in [0.1, 0.15) is 18.0 Å². The summed E-state index contributed by atoms with van der Waals surface area (Å²) in [5.74, 6) is 1.89. The van der Waals surface area contributed by atoms with Gasteiger partial charge >= 0.3 is 0 Å². The number of nitrogen functional groups attached to an aromatic ring is 1. The summed E-state index contributed by atoms with van der Waals surface area (Å²) in [6.07, 6.45) is 2.61. The molecule has 2 fully saturated rings. The molecule has 3 heterocycles. The fraction of sp³-hybridized carbons (Fsp3) is 0.273. The summed E-state index contributed by atoms with van der Waals surface area (Å²) in [5, 5.41) is 0. The largest absolute Gasteiger partial charge is 0.384 e. The predicted molar refractivity (Wildman–Crippen MR) is 111 cm³/mol. The van der Waals surface area contributed by atoms with E-state index in [1.165, 1.54) is 16.7 Å². The molecule has 3 atom stereocenters. The first-order valence-corrected chi connectivity index (χ1v) is 9.77. The molecule has 6 nitrogen and oxygen atoms in total. The Balaban J connectivity index is 1.36. The van der Waals surface area contributed by atoms with E-state index in [4.69, 9.17) is 5.73 Å². The summed E-state index contributed by atoms with van der Waals surface area (Å²) in [5.41, 5.74) is 16.7. The smallest absolute Gasteiger partial charge is 0.134 e. The molecule has 2 aromatic carbocycles. The van der Waals surface area contributed by atoms with Gasteiger partial charge in [0.05, 0.1) is 6.04 Å². The van der Waals surface area contributed by atoms with E-state index in [9.17, 15) is 0 Å². The lowest BCUT2D eigenvalue weighted by atomic mass is 9.84. The first-order valence-electron chi connectivity index (χ1n) is 9.77. The molecule has 2 aliphatic rings. The van der Waals surface area contributed by atoms with Crippen molar-refractivity contribution in [2.45, 2.75) is 18.5 Å². The van der Waals surface area contributed by atoms with Gasteiger partial charge in [0, 0.05) is 31.1 Å². The molecule has 0 radical (unpaired) electrons. The van der Waals surface area contributed by atoms with Gasteiger partial charge in [-0.25, -0.2) is 15.4 Å². The molecule has 4 N–H and O–H groups in total. The van der Waals surface area contributed by atoms with Crippen LogP contribution in [0, 0.1) is 5.92 Å². The highest BCUT2D eigenvalue weighted by molar-refractivity contribution is 5.63. The Morgan fingerprint density at radius 1 is 0.929 bits per heavy atom. The van der Waals surface area contributed by atoms with Crippen molar-refractivity contribution in [3.8, 4) is 11.1 Å². The monoisotopic (exact) mass is 372 g/mol. The van der Waals surface area contributed by atoms with Crippen LogP contribution in [0.5, 0.6) is 0 Å². The number of fused-ring (bicyclic) bond motifs is 1. The predicted octanol–water partition coefficient (Wildman–Crippen LogP) is 2.77. The summed E-state index contributed by atoms with van der Waals surface area (Å²) in [4.78, 5) is 10.7. The van der Waals surface area contributed by atoms with E-state index in [1.54, 1.807) is 6.33 Å². The van der Waals surface area contributed by atoms with Crippen LogP contribution in [-0.2, 0) is 0 Å². The summed E-state index contributed by atoms with van der Waals surface area (Å²) in [6, 6.07) is 22.0. The summed E-state index contributed by atoms with van der Waals surface area (Å²) >= 11 is 0. The second-order valence-corrected chi connectivity index (χ2v) is 7.56. The number of nitrogens with two attached hydrogens (primary N) is 1. The maximum absolute atomic E-state index is 5.85. The molecule has 0 bridgehead atoms. The molecule has 6 heteroatoms. The van der Waals surface area contributed by atoms with Crippen LogP contribution in [-0.4, -0.2) is 29.1 Å². The lowest BCUT2D eigenvalue weighted by Gasteiger charge is -2.36. The number of aromatic nitrogens is 2. The van der Waals surface area contributed by atoms with Crippen LogP contribution in [0.25, 0.3) is 11.1 Å². The van der Waals surface area contributed by atoms with Gasteiger partial charge in [0.1, 0.15) is 18.0 Å². The van der Waals surface area contributed by atoms with Crippen LogP contribution in [0.15, 0.2) is 67.0 Å². The van der Waals surface area contributed by atoms with Crippen LogP contribution >= 0.6 is 0 Å². The van der Waals surface area contributed by atoms with E-state index in [0.29, 0.717) is 17.8 Å². The molecule has 0 aliphatic carbocycles. The maximum atomic E-state index is 5.85. The van der Waals surface area contributed by atoms with Crippen LogP contribution < -0.4 is 21.5 Å². The third-order valence-corrected chi connectivity index (χ3v) is 5.89. The minimum atomic E-state index is 0.275. The SMILES string of the molecule is Nc1cc(N2CCC3NNC(c4ccc(-c5ccccc5)cc4)C3C2)ncn1. The topological polar surface area (TPSA) is 79.1 Å². The first-order chi connectivity index (χ1) is 13.8. The van der Waals surface area contributed by atoms with Gasteiger partial charge < -0.3 is 10.6 Å². The van der Waals surface area contributed by atoms with Gasteiger partial charge in [0.25, 0.3) is 0 Å². The zero-order valence-electron chi connectivity index (χ0n) is 15.6.